The van der Waals surface area contributed by atoms with Gasteiger partial charge in [0.25, 0.3) is 0 Å². The number of carbonyl (C=O) groups is 2. The van der Waals surface area contributed by atoms with Gasteiger partial charge in [0, 0.05) is 17.1 Å². The zero-order valence-corrected chi connectivity index (χ0v) is 18.7. The Balaban J connectivity index is 2.32. The molecule has 1 atom stereocenters. The zero-order valence-electron chi connectivity index (χ0n) is 18.0. The largest absolute Gasteiger partial charge is 0.350 e. The molecule has 4 nitrogen and oxygen atoms in total. The van der Waals surface area contributed by atoms with Gasteiger partial charge in [0.2, 0.25) is 11.8 Å². The minimum atomic E-state index is -0.566. The van der Waals surface area contributed by atoms with Gasteiger partial charge in [0.1, 0.15) is 6.04 Å². The van der Waals surface area contributed by atoms with Gasteiger partial charge in [0.15, 0.2) is 0 Å². The lowest BCUT2D eigenvalue weighted by Crippen LogP contribution is -2.53. The molecular formula is C24H31ClN2O2. The highest BCUT2D eigenvalue weighted by molar-refractivity contribution is 6.31. The van der Waals surface area contributed by atoms with Crippen molar-refractivity contribution in [1.82, 2.24) is 10.2 Å². The molecule has 0 spiro atoms. The third-order valence-electron chi connectivity index (χ3n) is 4.66. The molecule has 0 fully saturated rings. The normalized spacial score (nSPS) is 12.3. The van der Waals surface area contributed by atoms with Crippen molar-refractivity contribution in [3.8, 4) is 0 Å². The molecule has 5 heteroatoms. The summed E-state index contributed by atoms with van der Waals surface area (Å²) in [6, 6.07) is 14.8. The summed E-state index contributed by atoms with van der Waals surface area (Å²) in [7, 11) is 0. The molecule has 0 aliphatic carbocycles. The van der Waals surface area contributed by atoms with Crippen LogP contribution in [0.25, 0.3) is 0 Å². The maximum Gasteiger partial charge on any atom is 0.243 e. The summed E-state index contributed by atoms with van der Waals surface area (Å²) in [5.41, 5.74) is 2.52. The standard InChI is InChI=1S/C24H31ClN2O2/c1-6-21(23(29)26-24(3,4)5)27(16-19-9-7-8-10-20(19)25)22(28)15-18-13-11-17(2)12-14-18/h7-14,21H,6,15-16H2,1-5H3,(H,26,29)/t21-/m0/s1. The molecule has 2 aromatic carbocycles. The number of aryl methyl sites for hydroxylation is 1. The van der Waals surface area contributed by atoms with Crippen LogP contribution in [0.5, 0.6) is 0 Å². The van der Waals surface area contributed by atoms with E-state index in [1.54, 1.807) is 11.0 Å². The molecule has 0 radical (unpaired) electrons. The third-order valence-corrected chi connectivity index (χ3v) is 5.03. The van der Waals surface area contributed by atoms with Gasteiger partial charge in [-0.2, -0.15) is 0 Å². The highest BCUT2D eigenvalue weighted by Gasteiger charge is 2.30. The molecule has 2 amide bonds. The van der Waals surface area contributed by atoms with Crippen LogP contribution in [-0.4, -0.2) is 28.3 Å². The molecule has 156 valence electrons. The number of benzene rings is 2. The minimum absolute atomic E-state index is 0.0929. The highest BCUT2D eigenvalue weighted by Crippen LogP contribution is 2.21. The number of hydrogen-bond acceptors (Lipinski definition) is 2. The minimum Gasteiger partial charge on any atom is -0.350 e. The number of halogens is 1. The van der Waals surface area contributed by atoms with Gasteiger partial charge in [-0.3, -0.25) is 9.59 Å². The fourth-order valence-corrected chi connectivity index (χ4v) is 3.36. The average molecular weight is 415 g/mol. The van der Waals surface area contributed by atoms with Gasteiger partial charge in [-0.1, -0.05) is 66.6 Å². The van der Waals surface area contributed by atoms with E-state index in [0.717, 1.165) is 16.7 Å². The van der Waals surface area contributed by atoms with Gasteiger partial charge < -0.3 is 10.2 Å². The molecule has 0 saturated heterocycles. The van der Waals surface area contributed by atoms with Crippen LogP contribution in [0, 0.1) is 6.92 Å². The topological polar surface area (TPSA) is 49.4 Å². The Hall–Kier alpha value is -2.33. The van der Waals surface area contributed by atoms with Crippen LogP contribution in [0.3, 0.4) is 0 Å². The molecule has 2 rings (SSSR count). The summed E-state index contributed by atoms with van der Waals surface area (Å²) < 4.78 is 0. The number of carbonyl (C=O) groups excluding carboxylic acids is 2. The monoisotopic (exact) mass is 414 g/mol. The number of nitrogens with zero attached hydrogens (tertiary/aromatic N) is 1. The summed E-state index contributed by atoms with van der Waals surface area (Å²) >= 11 is 6.35. The lowest BCUT2D eigenvalue weighted by Gasteiger charge is -2.33. The van der Waals surface area contributed by atoms with Crippen molar-refractivity contribution in [3.63, 3.8) is 0 Å². The van der Waals surface area contributed by atoms with Crippen molar-refractivity contribution < 1.29 is 9.59 Å². The molecule has 0 aliphatic heterocycles. The van der Waals surface area contributed by atoms with Gasteiger partial charge in [-0.05, 0) is 51.3 Å². The predicted molar refractivity (Wildman–Crippen MR) is 119 cm³/mol. The van der Waals surface area contributed by atoms with Crippen LogP contribution >= 0.6 is 11.6 Å². The second-order valence-electron chi connectivity index (χ2n) is 8.44. The average Bonchev–Trinajstić information content (AvgIpc) is 2.63. The van der Waals surface area contributed by atoms with Gasteiger partial charge in [-0.15, -0.1) is 0 Å². The van der Waals surface area contributed by atoms with E-state index in [2.05, 4.69) is 5.32 Å². The Bertz CT molecular complexity index is 841. The first-order valence-electron chi connectivity index (χ1n) is 10.0. The summed E-state index contributed by atoms with van der Waals surface area (Å²) in [5, 5.41) is 3.60. The molecule has 1 N–H and O–H groups in total. The molecule has 0 saturated carbocycles. The van der Waals surface area contributed by atoms with Gasteiger partial charge in [-0.25, -0.2) is 0 Å². The first kappa shape index (κ1) is 23.0. The lowest BCUT2D eigenvalue weighted by molar-refractivity contribution is -0.141. The maximum absolute atomic E-state index is 13.3. The van der Waals surface area contributed by atoms with Crippen LogP contribution in [0.1, 0.15) is 50.8 Å². The van der Waals surface area contributed by atoms with Gasteiger partial charge in [0.05, 0.1) is 6.42 Å². The number of hydrogen-bond donors (Lipinski definition) is 1. The number of rotatable bonds is 7. The Morgan fingerprint density at radius 1 is 1.07 bits per heavy atom. The quantitative estimate of drug-likeness (QED) is 0.699. The summed E-state index contributed by atoms with van der Waals surface area (Å²) in [5.74, 6) is -0.242. The first-order chi connectivity index (χ1) is 13.6. The van der Waals surface area contributed by atoms with Crippen molar-refractivity contribution in [2.45, 2.75) is 65.6 Å². The Morgan fingerprint density at radius 2 is 1.69 bits per heavy atom. The van der Waals surface area contributed by atoms with Crippen LogP contribution in [0.2, 0.25) is 5.02 Å². The van der Waals surface area contributed by atoms with Gasteiger partial charge >= 0.3 is 0 Å². The van der Waals surface area contributed by atoms with Crippen molar-refractivity contribution in [2.75, 3.05) is 0 Å². The zero-order chi connectivity index (χ0) is 21.6. The molecule has 0 heterocycles. The van der Waals surface area contributed by atoms with Crippen LogP contribution in [-0.2, 0) is 22.6 Å². The highest BCUT2D eigenvalue weighted by atomic mass is 35.5. The van der Waals surface area contributed by atoms with Crippen LogP contribution < -0.4 is 5.32 Å². The van der Waals surface area contributed by atoms with E-state index in [4.69, 9.17) is 11.6 Å². The van der Waals surface area contributed by atoms with E-state index in [-0.39, 0.29) is 23.8 Å². The SMILES string of the molecule is CC[C@@H](C(=O)NC(C)(C)C)N(Cc1ccccc1Cl)C(=O)Cc1ccc(C)cc1. The molecule has 29 heavy (non-hydrogen) atoms. The van der Waals surface area contributed by atoms with E-state index in [1.165, 1.54) is 0 Å². The van der Waals surface area contributed by atoms with Crippen LogP contribution in [0.4, 0.5) is 0 Å². The molecule has 0 unspecified atom stereocenters. The van der Waals surface area contributed by atoms with E-state index in [9.17, 15) is 9.59 Å². The second kappa shape index (κ2) is 9.93. The number of nitrogens with one attached hydrogen (secondary N) is 1. The molecule has 2 aromatic rings. The third kappa shape index (κ3) is 6.90. The van der Waals surface area contributed by atoms with E-state index >= 15 is 0 Å². The molecule has 0 aromatic heterocycles. The second-order valence-corrected chi connectivity index (χ2v) is 8.85. The fraction of sp³-hybridized carbons (Fsp3) is 0.417. The number of amides is 2. The molecule has 0 aliphatic rings. The fourth-order valence-electron chi connectivity index (χ4n) is 3.16. The van der Waals surface area contributed by atoms with Crippen molar-refractivity contribution in [1.29, 1.82) is 0 Å². The first-order valence-corrected chi connectivity index (χ1v) is 10.4. The van der Waals surface area contributed by atoms with Crippen LogP contribution in [0.15, 0.2) is 48.5 Å². The molecule has 0 bridgehead atoms. The smallest absolute Gasteiger partial charge is 0.243 e. The Labute approximate surface area is 179 Å². The van der Waals surface area contributed by atoms with Crippen molar-refractivity contribution >= 4 is 23.4 Å². The predicted octanol–water partition coefficient (Wildman–Crippen LogP) is 4.91. The summed E-state index contributed by atoms with van der Waals surface area (Å²) in [6.45, 7) is 10.0. The Morgan fingerprint density at radius 3 is 2.24 bits per heavy atom. The summed E-state index contributed by atoms with van der Waals surface area (Å²) in [6.07, 6.45) is 0.760. The van der Waals surface area contributed by atoms with E-state index in [0.29, 0.717) is 18.0 Å². The Kier molecular flexibility index (Phi) is 7.86. The van der Waals surface area contributed by atoms with Crippen molar-refractivity contribution in [3.05, 3.63) is 70.2 Å². The lowest BCUT2D eigenvalue weighted by atomic mass is 10.0. The molecular weight excluding hydrogens is 384 g/mol. The van der Waals surface area contributed by atoms with Crippen molar-refractivity contribution in [2.24, 2.45) is 0 Å². The summed E-state index contributed by atoms with van der Waals surface area (Å²) in [4.78, 5) is 27.9. The van der Waals surface area contributed by atoms with E-state index in [1.807, 2.05) is 77.1 Å². The maximum atomic E-state index is 13.3. The van der Waals surface area contributed by atoms with E-state index < -0.39 is 6.04 Å².